The number of benzene rings is 3. The summed E-state index contributed by atoms with van der Waals surface area (Å²) >= 11 is 0. The topological polar surface area (TPSA) is 86.8 Å². The maximum absolute atomic E-state index is 14.0. The van der Waals surface area contributed by atoms with Crippen molar-refractivity contribution in [3.05, 3.63) is 95.1 Å². The van der Waals surface area contributed by atoms with Gasteiger partial charge in [-0.05, 0) is 69.0 Å². The minimum atomic E-state index is -4.09. The molecule has 39 heavy (non-hydrogen) atoms. The van der Waals surface area contributed by atoms with Crippen LogP contribution in [0.1, 0.15) is 48.9 Å². The highest BCUT2D eigenvalue weighted by molar-refractivity contribution is 7.92. The van der Waals surface area contributed by atoms with Crippen molar-refractivity contribution >= 4 is 27.5 Å². The molecule has 0 aliphatic carbocycles. The molecule has 1 N–H and O–H groups in total. The van der Waals surface area contributed by atoms with E-state index in [2.05, 4.69) is 5.32 Å². The van der Waals surface area contributed by atoms with Gasteiger partial charge in [0.2, 0.25) is 11.8 Å². The van der Waals surface area contributed by atoms with Crippen molar-refractivity contribution in [2.45, 2.75) is 64.9 Å². The quantitative estimate of drug-likeness (QED) is 0.317. The summed E-state index contributed by atoms with van der Waals surface area (Å²) in [4.78, 5) is 28.6. The third-order valence-corrected chi connectivity index (χ3v) is 8.49. The standard InChI is InChI=1S/C31H39N3O4S/c1-6-7-19-32-31(36)26(5)33(21-27-11-9-8-10-12-27)30(35)22-34(29-20-24(3)13-16-25(29)4)39(37,38)28-17-14-23(2)15-18-28/h8-18,20,26H,6-7,19,21-22H2,1-5H3,(H,32,36). The summed E-state index contributed by atoms with van der Waals surface area (Å²) in [6, 6.07) is 20.7. The minimum Gasteiger partial charge on any atom is -0.354 e. The van der Waals surface area contributed by atoms with Crippen LogP contribution in [-0.2, 0) is 26.2 Å². The summed E-state index contributed by atoms with van der Waals surface area (Å²) in [7, 11) is -4.09. The number of aryl methyl sites for hydroxylation is 3. The molecular weight excluding hydrogens is 510 g/mol. The first-order valence-electron chi connectivity index (χ1n) is 13.3. The van der Waals surface area contributed by atoms with E-state index in [0.29, 0.717) is 12.2 Å². The number of hydrogen-bond donors (Lipinski definition) is 1. The number of nitrogens with zero attached hydrogens (tertiary/aromatic N) is 2. The van der Waals surface area contributed by atoms with Crippen LogP contribution < -0.4 is 9.62 Å². The average Bonchev–Trinajstić information content (AvgIpc) is 2.92. The van der Waals surface area contributed by atoms with Crippen LogP contribution in [0, 0.1) is 20.8 Å². The number of sulfonamides is 1. The van der Waals surface area contributed by atoms with E-state index in [0.717, 1.165) is 35.1 Å². The van der Waals surface area contributed by atoms with Gasteiger partial charge in [0.25, 0.3) is 10.0 Å². The molecule has 0 fully saturated rings. The van der Waals surface area contributed by atoms with E-state index in [1.165, 1.54) is 9.21 Å². The molecule has 0 saturated carbocycles. The molecule has 3 aromatic rings. The van der Waals surface area contributed by atoms with Crippen LogP contribution in [0.3, 0.4) is 0 Å². The Morgan fingerprint density at radius 2 is 1.54 bits per heavy atom. The normalized spacial score (nSPS) is 12.0. The predicted octanol–water partition coefficient (Wildman–Crippen LogP) is 5.14. The van der Waals surface area contributed by atoms with E-state index in [9.17, 15) is 18.0 Å². The van der Waals surface area contributed by atoms with Gasteiger partial charge in [0, 0.05) is 13.1 Å². The number of hydrogen-bond acceptors (Lipinski definition) is 4. The second-order valence-electron chi connectivity index (χ2n) is 9.94. The number of amides is 2. The number of anilines is 1. The summed E-state index contributed by atoms with van der Waals surface area (Å²) in [5.41, 5.74) is 3.81. The molecule has 0 heterocycles. The monoisotopic (exact) mass is 549 g/mol. The highest BCUT2D eigenvalue weighted by Crippen LogP contribution is 2.28. The molecular formula is C31H39N3O4S. The molecule has 3 aromatic carbocycles. The molecule has 0 aliphatic rings. The number of carbonyl (C=O) groups excluding carboxylic acids is 2. The fourth-order valence-corrected chi connectivity index (χ4v) is 5.71. The van der Waals surface area contributed by atoms with E-state index < -0.39 is 28.5 Å². The van der Waals surface area contributed by atoms with Crippen LogP contribution in [0.15, 0.2) is 77.7 Å². The first kappa shape index (κ1) is 29.9. The fourth-order valence-electron chi connectivity index (χ4n) is 4.24. The highest BCUT2D eigenvalue weighted by atomic mass is 32.2. The Kier molecular flexibility index (Phi) is 10.3. The second-order valence-corrected chi connectivity index (χ2v) is 11.8. The SMILES string of the molecule is CCCCNC(=O)C(C)N(Cc1ccccc1)C(=O)CN(c1cc(C)ccc1C)S(=O)(=O)c1ccc(C)cc1. The molecule has 7 nitrogen and oxygen atoms in total. The lowest BCUT2D eigenvalue weighted by Crippen LogP contribution is -2.51. The average molecular weight is 550 g/mol. The van der Waals surface area contributed by atoms with Crippen molar-refractivity contribution in [3.8, 4) is 0 Å². The van der Waals surface area contributed by atoms with Crippen LogP contribution in [0.25, 0.3) is 0 Å². The maximum atomic E-state index is 14.0. The fraction of sp³-hybridized carbons (Fsp3) is 0.355. The molecule has 3 rings (SSSR count). The molecule has 0 saturated heterocycles. The third kappa shape index (κ3) is 7.69. The van der Waals surface area contributed by atoms with Crippen LogP contribution >= 0.6 is 0 Å². The van der Waals surface area contributed by atoms with Crippen molar-refractivity contribution < 1.29 is 18.0 Å². The van der Waals surface area contributed by atoms with E-state index in [1.54, 1.807) is 37.3 Å². The van der Waals surface area contributed by atoms with Gasteiger partial charge >= 0.3 is 0 Å². The van der Waals surface area contributed by atoms with Crippen molar-refractivity contribution in [2.75, 3.05) is 17.4 Å². The second kappa shape index (κ2) is 13.4. The molecule has 0 bridgehead atoms. The molecule has 208 valence electrons. The van der Waals surface area contributed by atoms with Gasteiger partial charge in [-0.25, -0.2) is 8.42 Å². The number of unbranched alkanes of at least 4 members (excludes halogenated alkanes) is 1. The molecule has 1 atom stereocenters. The van der Waals surface area contributed by atoms with E-state index in [4.69, 9.17) is 0 Å². The Bertz CT molecular complexity index is 1370. The van der Waals surface area contributed by atoms with Gasteiger partial charge in [-0.3, -0.25) is 13.9 Å². The van der Waals surface area contributed by atoms with E-state index >= 15 is 0 Å². The van der Waals surface area contributed by atoms with Crippen LogP contribution in [-0.4, -0.2) is 44.3 Å². The first-order chi connectivity index (χ1) is 18.5. The summed E-state index contributed by atoms with van der Waals surface area (Å²) in [5.74, 6) is -0.735. The third-order valence-electron chi connectivity index (χ3n) is 6.71. The molecule has 0 radical (unpaired) electrons. The smallest absolute Gasteiger partial charge is 0.264 e. The number of rotatable bonds is 12. The van der Waals surface area contributed by atoms with Gasteiger partial charge in [0.1, 0.15) is 12.6 Å². The van der Waals surface area contributed by atoms with Crippen molar-refractivity contribution in [1.82, 2.24) is 10.2 Å². The largest absolute Gasteiger partial charge is 0.354 e. The Morgan fingerprint density at radius 3 is 2.18 bits per heavy atom. The van der Waals surface area contributed by atoms with Crippen LogP contribution in [0.2, 0.25) is 0 Å². The Hall–Kier alpha value is -3.65. The zero-order chi connectivity index (χ0) is 28.6. The van der Waals surface area contributed by atoms with Gasteiger partial charge in [-0.1, -0.05) is 73.5 Å². The molecule has 0 aromatic heterocycles. The van der Waals surface area contributed by atoms with Crippen LogP contribution in [0.4, 0.5) is 5.69 Å². The Morgan fingerprint density at radius 1 is 0.897 bits per heavy atom. The van der Waals surface area contributed by atoms with Crippen molar-refractivity contribution in [2.24, 2.45) is 0 Å². The lowest BCUT2D eigenvalue weighted by atomic mass is 10.1. The molecule has 0 aliphatic heterocycles. The summed E-state index contributed by atoms with van der Waals surface area (Å²) in [6.07, 6.45) is 1.77. The summed E-state index contributed by atoms with van der Waals surface area (Å²) in [6.45, 7) is 9.55. The molecule has 0 spiro atoms. The molecule has 1 unspecified atom stereocenters. The van der Waals surface area contributed by atoms with E-state index in [1.807, 2.05) is 70.2 Å². The van der Waals surface area contributed by atoms with Crippen molar-refractivity contribution in [3.63, 3.8) is 0 Å². The maximum Gasteiger partial charge on any atom is 0.264 e. The van der Waals surface area contributed by atoms with Crippen molar-refractivity contribution in [1.29, 1.82) is 0 Å². The zero-order valence-electron chi connectivity index (χ0n) is 23.5. The van der Waals surface area contributed by atoms with Gasteiger partial charge in [-0.15, -0.1) is 0 Å². The van der Waals surface area contributed by atoms with Gasteiger partial charge < -0.3 is 10.2 Å². The zero-order valence-corrected chi connectivity index (χ0v) is 24.3. The minimum absolute atomic E-state index is 0.0989. The lowest BCUT2D eigenvalue weighted by Gasteiger charge is -2.32. The Balaban J connectivity index is 2.03. The predicted molar refractivity (Wildman–Crippen MR) is 156 cm³/mol. The highest BCUT2D eigenvalue weighted by Gasteiger charge is 2.33. The lowest BCUT2D eigenvalue weighted by molar-refractivity contribution is -0.139. The Labute approximate surface area is 232 Å². The molecule has 8 heteroatoms. The van der Waals surface area contributed by atoms with Crippen LogP contribution in [0.5, 0.6) is 0 Å². The van der Waals surface area contributed by atoms with Gasteiger partial charge in [0.15, 0.2) is 0 Å². The summed E-state index contributed by atoms with van der Waals surface area (Å²) < 4.78 is 29.1. The summed E-state index contributed by atoms with van der Waals surface area (Å²) in [5, 5.41) is 2.90. The first-order valence-corrected chi connectivity index (χ1v) is 14.8. The van der Waals surface area contributed by atoms with E-state index in [-0.39, 0.29) is 17.3 Å². The number of nitrogens with one attached hydrogen (secondary N) is 1. The number of carbonyl (C=O) groups is 2. The molecule has 2 amide bonds. The van der Waals surface area contributed by atoms with Gasteiger partial charge in [-0.2, -0.15) is 0 Å². The van der Waals surface area contributed by atoms with Gasteiger partial charge in [0.05, 0.1) is 10.6 Å².